The Kier molecular flexibility index (Phi) is 11.5. The molecule has 0 bridgehead atoms. The molecule has 2 aliphatic heterocycles. The van der Waals surface area contributed by atoms with Gasteiger partial charge in [0.1, 0.15) is 17.1 Å². The van der Waals surface area contributed by atoms with Gasteiger partial charge in [-0.25, -0.2) is 18.1 Å². The SMILES string of the molecule is CCCC1=C(CN2CCN(c3ccc(C(=O)NS(=O)(=O)c4ccc(NCC5CCOCC5)c(N)c4)c(Oc4cnc5[nH]ccc5c4)c3)CC2)CCCC1. The van der Waals surface area contributed by atoms with E-state index in [-0.39, 0.29) is 21.9 Å². The Morgan fingerprint density at radius 2 is 1.81 bits per heavy atom. The molecular formula is C40H51N7O5S. The molecule has 3 aliphatic rings. The normalized spacial score (nSPS) is 17.6. The van der Waals surface area contributed by atoms with Gasteiger partial charge in [-0.1, -0.05) is 24.5 Å². The summed E-state index contributed by atoms with van der Waals surface area (Å²) in [5.41, 5.74) is 12.2. The van der Waals surface area contributed by atoms with Crippen LogP contribution in [0.3, 0.4) is 0 Å². The summed E-state index contributed by atoms with van der Waals surface area (Å²) < 4.78 is 41.0. The third-order valence-corrected chi connectivity index (χ3v) is 12.0. The fourth-order valence-electron chi connectivity index (χ4n) is 7.65. The zero-order chi connectivity index (χ0) is 36.8. The Hall–Kier alpha value is -4.59. The molecule has 0 spiro atoms. The Bertz CT molecular complexity index is 2050. The van der Waals surface area contributed by atoms with Gasteiger partial charge in [0.25, 0.3) is 15.9 Å². The summed E-state index contributed by atoms with van der Waals surface area (Å²) in [7, 11) is -4.27. The number of allylic oxidation sites excluding steroid dienone is 1. The Balaban J connectivity index is 1.07. The molecule has 12 nitrogen and oxygen atoms in total. The minimum atomic E-state index is -4.27. The highest BCUT2D eigenvalue weighted by Crippen LogP contribution is 2.33. The van der Waals surface area contributed by atoms with E-state index in [1.54, 1.807) is 35.7 Å². The molecule has 7 rings (SSSR count). The highest BCUT2D eigenvalue weighted by molar-refractivity contribution is 7.90. The number of fused-ring (bicyclic) bond motifs is 1. The van der Waals surface area contributed by atoms with Gasteiger partial charge in [-0.3, -0.25) is 9.69 Å². The first kappa shape index (κ1) is 36.8. The van der Waals surface area contributed by atoms with Gasteiger partial charge in [0, 0.05) is 75.8 Å². The quantitative estimate of drug-likeness (QED) is 0.0861. The Morgan fingerprint density at radius 1 is 1.02 bits per heavy atom. The second-order valence-corrected chi connectivity index (χ2v) is 16.1. The second kappa shape index (κ2) is 16.6. The lowest BCUT2D eigenvalue weighted by atomic mass is 9.89. The average Bonchev–Trinajstić information content (AvgIpc) is 3.64. The fraction of sp³-hybridized carbons (Fsp3) is 0.450. The van der Waals surface area contributed by atoms with Gasteiger partial charge in [0.15, 0.2) is 0 Å². The first-order chi connectivity index (χ1) is 25.8. The number of benzene rings is 2. The molecule has 2 aromatic heterocycles. The van der Waals surface area contributed by atoms with Crippen LogP contribution >= 0.6 is 0 Å². The van der Waals surface area contributed by atoms with E-state index >= 15 is 0 Å². The molecule has 282 valence electrons. The maximum Gasteiger partial charge on any atom is 0.268 e. The number of nitrogens with two attached hydrogens (primary N) is 1. The summed E-state index contributed by atoms with van der Waals surface area (Å²) in [6, 6.07) is 13.5. The van der Waals surface area contributed by atoms with Gasteiger partial charge in [-0.05, 0) is 93.3 Å². The summed E-state index contributed by atoms with van der Waals surface area (Å²) in [5.74, 6) is 0.312. The first-order valence-corrected chi connectivity index (χ1v) is 20.4. The second-order valence-electron chi connectivity index (χ2n) is 14.4. The van der Waals surface area contributed by atoms with Crippen LogP contribution in [-0.4, -0.2) is 81.7 Å². The minimum absolute atomic E-state index is 0.0838. The van der Waals surface area contributed by atoms with Crippen LogP contribution in [0.15, 0.2) is 77.0 Å². The standard InChI is InChI=1S/C40H51N7O5S/c1-2-5-29-6-3-4-7-31(29)27-46-16-18-47(19-17-46)32-8-10-35(38(23-32)52-33-22-30-12-15-42-39(30)44-26-33)40(48)45-53(49,50)34-9-11-37(36(41)24-34)43-25-28-13-20-51-21-14-28/h8-12,15,22-24,26,28,43H,2-7,13-14,16-21,25,27,41H2,1H3,(H,42,44)(H,45,48). The number of nitrogens with zero attached hydrogens (tertiary/aromatic N) is 3. The van der Waals surface area contributed by atoms with E-state index in [1.807, 2.05) is 24.3 Å². The van der Waals surface area contributed by atoms with Crippen molar-refractivity contribution in [1.29, 1.82) is 0 Å². The summed E-state index contributed by atoms with van der Waals surface area (Å²) >= 11 is 0. The molecule has 4 heterocycles. The van der Waals surface area contributed by atoms with Crippen molar-refractivity contribution in [3.05, 3.63) is 77.6 Å². The van der Waals surface area contributed by atoms with E-state index in [2.05, 4.69) is 36.7 Å². The molecule has 1 aliphatic carbocycles. The van der Waals surface area contributed by atoms with Crippen LogP contribution in [0.5, 0.6) is 11.5 Å². The van der Waals surface area contributed by atoms with E-state index in [9.17, 15) is 13.2 Å². The zero-order valence-corrected chi connectivity index (χ0v) is 31.3. The van der Waals surface area contributed by atoms with E-state index in [1.165, 1.54) is 50.7 Å². The summed E-state index contributed by atoms with van der Waals surface area (Å²) in [5, 5.41) is 4.18. The van der Waals surface area contributed by atoms with E-state index in [4.69, 9.17) is 15.2 Å². The molecule has 4 aromatic rings. The number of aromatic nitrogens is 2. The number of nitrogens with one attached hydrogen (secondary N) is 3. The number of sulfonamides is 1. The average molecular weight is 742 g/mol. The Morgan fingerprint density at radius 3 is 2.58 bits per heavy atom. The predicted octanol–water partition coefficient (Wildman–Crippen LogP) is 6.69. The van der Waals surface area contributed by atoms with E-state index < -0.39 is 15.9 Å². The van der Waals surface area contributed by atoms with Gasteiger partial charge in [0.2, 0.25) is 0 Å². The van der Waals surface area contributed by atoms with Gasteiger partial charge >= 0.3 is 0 Å². The zero-order valence-electron chi connectivity index (χ0n) is 30.5. The number of H-pyrrole nitrogens is 1. The van der Waals surface area contributed by atoms with Crippen molar-refractivity contribution in [2.75, 3.05) is 68.4 Å². The van der Waals surface area contributed by atoms with Crippen LogP contribution in [0.4, 0.5) is 17.1 Å². The van der Waals surface area contributed by atoms with Crippen LogP contribution < -0.4 is 25.4 Å². The van der Waals surface area contributed by atoms with Crippen LogP contribution in [0.2, 0.25) is 0 Å². The Labute approximate surface area is 312 Å². The molecule has 5 N–H and O–H groups in total. The fourth-order valence-corrected chi connectivity index (χ4v) is 8.65. The number of anilines is 3. The maximum atomic E-state index is 13.8. The topological polar surface area (TPSA) is 155 Å². The molecule has 0 radical (unpaired) electrons. The number of hydrogen-bond donors (Lipinski definition) is 4. The molecule has 2 aromatic carbocycles. The molecule has 53 heavy (non-hydrogen) atoms. The maximum absolute atomic E-state index is 13.8. The van der Waals surface area contributed by atoms with Crippen LogP contribution in [0, 0.1) is 5.92 Å². The number of ether oxygens (including phenoxy) is 2. The molecular weight excluding hydrogens is 691 g/mol. The molecule has 0 saturated carbocycles. The number of hydrogen-bond acceptors (Lipinski definition) is 10. The third kappa shape index (κ3) is 8.97. The van der Waals surface area contributed by atoms with Crippen molar-refractivity contribution in [1.82, 2.24) is 19.6 Å². The van der Waals surface area contributed by atoms with Crippen molar-refractivity contribution >= 4 is 44.0 Å². The number of carbonyl (C=O) groups excluding carboxylic acids is 1. The van der Waals surface area contributed by atoms with Crippen molar-refractivity contribution in [3.8, 4) is 11.5 Å². The lowest BCUT2D eigenvalue weighted by Crippen LogP contribution is -2.47. The third-order valence-electron chi connectivity index (χ3n) is 10.7. The molecule has 1 amide bonds. The summed E-state index contributed by atoms with van der Waals surface area (Å²) in [6.07, 6.45) is 12.8. The molecule has 13 heteroatoms. The van der Waals surface area contributed by atoms with Crippen molar-refractivity contribution < 1.29 is 22.7 Å². The van der Waals surface area contributed by atoms with Gasteiger partial charge < -0.3 is 30.4 Å². The molecule has 0 unspecified atom stereocenters. The highest BCUT2D eigenvalue weighted by atomic mass is 32.2. The summed E-state index contributed by atoms with van der Waals surface area (Å²) in [4.78, 5) is 26.0. The van der Waals surface area contributed by atoms with Crippen LogP contribution in [-0.2, 0) is 14.8 Å². The largest absolute Gasteiger partial charge is 0.455 e. The predicted molar refractivity (Wildman–Crippen MR) is 209 cm³/mol. The lowest BCUT2D eigenvalue weighted by molar-refractivity contribution is 0.0699. The first-order valence-electron chi connectivity index (χ1n) is 19.0. The number of aromatic amines is 1. The smallest absolute Gasteiger partial charge is 0.268 e. The van der Waals surface area contributed by atoms with Crippen molar-refractivity contribution in [2.45, 2.75) is 63.2 Å². The lowest BCUT2D eigenvalue weighted by Gasteiger charge is -2.37. The monoisotopic (exact) mass is 741 g/mol. The number of nitrogen functional groups attached to an aromatic ring is 1. The number of amides is 1. The van der Waals surface area contributed by atoms with Crippen LogP contribution in [0.25, 0.3) is 11.0 Å². The van der Waals surface area contributed by atoms with Crippen LogP contribution in [0.1, 0.15) is 68.6 Å². The number of carbonyl (C=O) groups is 1. The van der Waals surface area contributed by atoms with Crippen molar-refractivity contribution in [3.63, 3.8) is 0 Å². The van der Waals surface area contributed by atoms with Gasteiger partial charge in [0.05, 0.1) is 28.0 Å². The van der Waals surface area contributed by atoms with Gasteiger partial charge in [-0.2, -0.15) is 0 Å². The summed E-state index contributed by atoms with van der Waals surface area (Å²) in [6.45, 7) is 9.02. The number of rotatable bonds is 13. The van der Waals surface area contributed by atoms with Gasteiger partial charge in [-0.15, -0.1) is 0 Å². The number of piperazine rings is 1. The highest BCUT2D eigenvalue weighted by Gasteiger charge is 2.26. The molecule has 2 fully saturated rings. The molecule has 2 saturated heterocycles. The van der Waals surface area contributed by atoms with Crippen molar-refractivity contribution in [2.24, 2.45) is 5.92 Å². The number of pyridine rings is 1. The van der Waals surface area contributed by atoms with E-state index in [0.29, 0.717) is 23.0 Å². The molecule has 0 atom stereocenters. The minimum Gasteiger partial charge on any atom is -0.455 e. The van der Waals surface area contributed by atoms with E-state index in [0.717, 1.165) is 76.4 Å².